The summed E-state index contributed by atoms with van der Waals surface area (Å²) >= 11 is 0. The van der Waals surface area contributed by atoms with Gasteiger partial charge in [0.2, 0.25) is 0 Å². The third-order valence-corrected chi connectivity index (χ3v) is 4.21. The molecule has 5 nitrogen and oxygen atoms in total. The van der Waals surface area contributed by atoms with Crippen molar-refractivity contribution >= 4 is 17.5 Å². The normalized spacial score (nSPS) is 9.96. The van der Waals surface area contributed by atoms with Gasteiger partial charge in [0.15, 0.2) is 0 Å². The number of para-hydroxylation sites is 1. The van der Waals surface area contributed by atoms with Gasteiger partial charge in [0.25, 0.3) is 0 Å². The van der Waals surface area contributed by atoms with Crippen molar-refractivity contribution in [2.75, 3.05) is 5.32 Å². The second-order valence-electron chi connectivity index (χ2n) is 6.24. The third-order valence-electron chi connectivity index (χ3n) is 4.21. The highest BCUT2D eigenvalue weighted by molar-refractivity contribution is 6.39. The Morgan fingerprint density at radius 3 is 1.82 bits per heavy atom. The molecule has 0 radical (unpaired) electrons. The summed E-state index contributed by atoms with van der Waals surface area (Å²) in [5.41, 5.74) is 2.48. The smallest absolute Gasteiger partial charge is 0.313 e. The second kappa shape index (κ2) is 9.15. The first kappa shape index (κ1) is 18.9. The number of carbonyl (C=O) groups excluding carboxylic acids is 2. The lowest BCUT2D eigenvalue weighted by molar-refractivity contribution is -0.144. The van der Waals surface area contributed by atoms with Gasteiger partial charge in [-0.05, 0) is 23.3 Å². The fourth-order valence-electron chi connectivity index (χ4n) is 2.82. The number of nitrogens with zero attached hydrogens (tertiary/aromatic N) is 2. The van der Waals surface area contributed by atoms with E-state index in [1.165, 1.54) is 4.90 Å². The zero-order chi connectivity index (χ0) is 19.8. The van der Waals surface area contributed by atoms with Gasteiger partial charge in [-0.15, -0.1) is 0 Å². The number of benzene rings is 3. The van der Waals surface area contributed by atoms with Crippen LogP contribution in [0.3, 0.4) is 0 Å². The number of hydrogen-bond acceptors (Lipinski definition) is 3. The summed E-state index contributed by atoms with van der Waals surface area (Å²) < 4.78 is 0. The van der Waals surface area contributed by atoms with Gasteiger partial charge < -0.3 is 10.2 Å². The molecule has 138 valence electrons. The van der Waals surface area contributed by atoms with Crippen molar-refractivity contribution < 1.29 is 9.59 Å². The topological polar surface area (TPSA) is 73.2 Å². The Morgan fingerprint density at radius 1 is 0.786 bits per heavy atom. The molecule has 0 saturated carbocycles. The number of nitrogens with one attached hydrogen (secondary N) is 1. The largest absolute Gasteiger partial charge is 0.326 e. The van der Waals surface area contributed by atoms with Gasteiger partial charge in [-0.3, -0.25) is 9.59 Å². The average Bonchev–Trinajstić information content (AvgIpc) is 2.74. The number of hydrogen-bond donors (Lipinski definition) is 1. The molecular formula is C23H19N3O2. The summed E-state index contributed by atoms with van der Waals surface area (Å²) in [7, 11) is 0. The molecule has 0 aliphatic rings. The van der Waals surface area contributed by atoms with E-state index in [1.807, 2.05) is 66.7 Å². The summed E-state index contributed by atoms with van der Waals surface area (Å²) in [4.78, 5) is 27.0. The highest BCUT2D eigenvalue weighted by Gasteiger charge is 2.23. The molecular weight excluding hydrogens is 350 g/mol. The Balaban J connectivity index is 1.80. The van der Waals surface area contributed by atoms with Crippen molar-refractivity contribution in [3.05, 3.63) is 102 Å². The van der Waals surface area contributed by atoms with Crippen LogP contribution >= 0.6 is 0 Å². The van der Waals surface area contributed by atoms with Crippen LogP contribution in [0.4, 0.5) is 5.69 Å². The molecule has 28 heavy (non-hydrogen) atoms. The molecule has 3 aromatic rings. The molecule has 0 atom stereocenters. The van der Waals surface area contributed by atoms with Crippen molar-refractivity contribution in [3.8, 4) is 6.07 Å². The third kappa shape index (κ3) is 4.83. The second-order valence-corrected chi connectivity index (χ2v) is 6.24. The average molecular weight is 369 g/mol. The van der Waals surface area contributed by atoms with Crippen LogP contribution in [0, 0.1) is 11.3 Å². The predicted octanol–water partition coefficient (Wildman–Crippen LogP) is 3.73. The molecule has 0 spiro atoms. The highest BCUT2D eigenvalue weighted by Crippen LogP contribution is 2.15. The van der Waals surface area contributed by atoms with E-state index in [9.17, 15) is 14.9 Å². The monoisotopic (exact) mass is 369 g/mol. The van der Waals surface area contributed by atoms with Crippen molar-refractivity contribution in [2.45, 2.75) is 13.1 Å². The molecule has 0 aromatic heterocycles. The van der Waals surface area contributed by atoms with E-state index in [0.717, 1.165) is 11.1 Å². The van der Waals surface area contributed by atoms with Gasteiger partial charge >= 0.3 is 11.8 Å². The summed E-state index contributed by atoms with van der Waals surface area (Å²) in [6, 6.07) is 27.6. The van der Waals surface area contributed by atoms with E-state index < -0.39 is 11.8 Å². The van der Waals surface area contributed by atoms with Crippen molar-refractivity contribution in [1.82, 2.24) is 4.90 Å². The first-order valence-electron chi connectivity index (χ1n) is 8.84. The lowest BCUT2D eigenvalue weighted by Gasteiger charge is -2.22. The van der Waals surface area contributed by atoms with Gasteiger partial charge in [0, 0.05) is 13.1 Å². The number of rotatable bonds is 5. The molecule has 0 aliphatic carbocycles. The van der Waals surface area contributed by atoms with Crippen molar-refractivity contribution in [2.24, 2.45) is 0 Å². The Labute approximate surface area is 163 Å². The summed E-state index contributed by atoms with van der Waals surface area (Å²) in [6.45, 7) is 0.615. The molecule has 2 amide bonds. The minimum Gasteiger partial charge on any atom is -0.326 e. The molecule has 3 aromatic carbocycles. The van der Waals surface area contributed by atoms with Crippen LogP contribution in [0.15, 0.2) is 84.9 Å². The van der Waals surface area contributed by atoms with E-state index >= 15 is 0 Å². The molecule has 0 unspecified atom stereocenters. The summed E-state index contributed by atoms with van der Waals surface area (Å²) in [6.07, 6.45) is 0. The Kier molecular flexibility index (Phi) is 6.17. The summed E-state index contributed by atoms with van der Waals surface area (Å²) in [5, 5.41) is 11.7. The van der Waals surface area contributed by atoms with Gasteiger partial charge in [-0.2, -0.15) is 5.26 Å². The van der Waals surface area contributed by atoms with Gasteiger partial charge in [-0.1, -0.05) is 72.8 Å². The van der Waals surface area contributed by atoms with E-state index in [0.29, 0.717) is 24.3 Å². The van der Waals surface area contributed by atoms with Crippen LogP contribution in [0.2, 0.25) is 0 Å². The molecule has 0 bridgehead atoms. The van der Waals surface area contributed by atoms with E-state index in [2.05, 4.69) is 5.32 Å². The van der Waals surface area contributed by atoms with Crippen LogP contribution in [0.5, 0.6) is 0 Å². The maximum atomic E-state index is 12.9. The van der Waals surface area contributed by atoms with Crippen LogP contribution in [-0.4, -0.2) is 16.7 Å². The number of carbonyl (C=O) groups is 2. The fraction of sp³-hybridized carbons (Fsp3) is 0.0870. The quantitative estimate of drug-likeness (QED) is 0.697. The first-order chi connectivity index (χ1) is 13.7. The fourth-order valence-corrected chi connectivity index (χ4v) is 2.82. The zero-order valence-corrected chi connectivity index (χ0v) is 15.2. The van der Waals surface area contributed by atoms with Crippen LogP contribution in [0.25, 0.3) is 0 Å². The molecule has 0 fully saturated rings. The zero-order valence-electron chi connectivity index (χ0n) is 15.2. The minimum atomic E-state index is -0.769. The maximum Gasteiger partial charge on any atom is 0.313 e. The maximum absolute atomic E-state index is 12.9. The molecule has 0 aliphatic heterocycles. The number of anilines is 1. The van der Waals surface area contributed by atoms with E-state index in [4.69, 9.17) is 0 Å². The Bertz CT molecular complexity index is 954. The SMILES string of the molecule is N#Cc1ccccc1NC(=O)C(=O)N(Cc1ccccc1)Cc1ccccc1. The molecule has 0 saturated heterocycles. The Morgan fingerprint density at radius 2 is 1.29 bits per heavy atom. The predicted molar refractivity (Wildman–Crippen MR) is 107 cm³/mol. The van der Waals surface area contributed by atoms with Crippen LogP contribution in [0.1, 0.15) is 16.7 Å². The van der Waals surface area contributed by atoms with Crippen molar-refractivity contribution in [1.29, 1.82) is 5.26 Å². The lowest BCUT2D eigenvalue weighted by Crippen LogP contribution is -2.39. The Hall–Kier alpha value is -3.91. The van der Waals surface area contributed by atoms with Crippen LogP contribution < -0.4 is 5.32 Å². The standard InChI is InChI=1S/C23H19N3O2/c24-15-20-13-7-8-14-21(20)25-22(27)23(28)26(16-18-9-3-1-4-10-18)17-19-11-5-2-6-12-19/h1-14H,16-17H2,(H,25,27). The number of nitriles is 1. The van der Waals surface area contributed by atoms with E-state index in [1.54, 1.807) is 24.3 Å². The molecule has 5 heteroatoms. The molecule has 1 N–H and O–H groups in total. The van der Waals surface area contributed by atoms with Crippen molar-refractivity contribution in [3.63, 3.8) is 0 Å². The summed E-state index contributed by atoms with van der Waals surface area (Å²) in [5.74, 6) is -1.42. The lowest BCUT2D eigenvalue weighted by atomic mass is 10.1. The van der Waals surface area contributed by atoms with Crippen LogP contribution in [-0.2, 0) is 22.7 Å². The molecule has 3 rings (SSSR count). The van der Waals surface area contributed by atoms with Gasteiger partial charge in [0.05, 0.1) is 11.3 Å². The van der Waals surface area contributed by atoms with Gasteiger partial charge in [0.1, 0.15) is 6.07 Å². The number of amides is 2. The van der Waals surface area contributed by atoms with Gasteiger partial charge in [-0.25, -0.2) is 0 Å². The minimum absolute atomic E-state index is 0.307. The van der Waals surface area contributed by atoms with E-state index in [-0.39, 0.29) is 0 Å². The molecule has 0 heterocycles. The highest BCUT2D eigenvalue weighted by atomic mass is 16.2. The first-order valence-corrected chi connectivity index (χ1v) is 8.84.